The Morgan fingerprint density at radius 2 is 2.21 bits per heavy atom. The van der Waals surface area contributed by atoms with Crippen molar-refractivity contribution < 1.29 is 9.66 Å². The molecule has 100 valence electrons. The Labute approximate surface area is 118 Å². The van der Waals surface area contributed by atoms with Gasteiger partial charge in [0.15, 0.2) is 0 Å². The second kappa shape index (κ2) is 6.08. The number of nitro benzene ring substituents is 1. The molecule has 0 fully saturated rings. The zero-order valence-electron chi connectivity index (χ0n) is 10.4. The van der Waals surface area contributed by atoms with Gasteiger partial charge in [0.25, 0.3) is 5.69 Å². The van der Waals surface area contributed by atoms with Crippen LogP contribution in [0.15, 0.2) is 30.6 Å². The second-order valence-corrected chi connectivity index (χ2v) is 5.47. The van der Waals surface area contributed by atoms with Gasteiger partial charge in [-0.2, -0.15) is 0 Å². The lowest BCUT2D eigenvalue weighted by Gasteiger charge is -2.11. The molecule has 0 amide bonds. The number of aromatic nitrogens is 1. The molecule has 19 heavy (non-hydrogen) atoms. The van der Waals surface area contributed by atoms with E-state index in [-0.39, 0.29) is 15.4 Å². The van der Waals surface area contributed by atoms with Gasteiger partial charge >= 0.3 is 0 Å². The molecule has 1 heterocycles. The minimum Gasteiger partial charge on any atom is -0.384 e. The maximum atomic E-state index is 11.0. The predicted molar refractivity (Wildman–Crippen MR) is 76.7 cm³/mol. The van der Waals surface area contributed by atoms with Crippen LogP contribution >= 0.6 is 15.9 Å². The van der Waals surface area contributed by atoms with Crippen molar-refractivity contribution in [1.29, 1.82) is 0 Å². The van der Waals surface area contributed by atoms with Gasteiger partial charge in [0.05, 0.1) is 16.9 Å². The third-order valence-corrected chi connectivity index (χ3v) is 3.46. The molecular formula is C13H13BrN2O3. The van der Waals surface area contributed by atoms with Gasteiger partial charge < -0.3 is 4.74 Å². The molecular weight excluding hydrogens is 312 g/mol. The van der Waals surface area contributed by atoms with E-state index >= 15 is 0 Å². The number of rotatable bonds is 5. The number of non-ortho nitro benzene ring substituents is 1. The Hall–Kier alpha value is -1.53. The standard InChI is InChI=1S/C13H13BrN2O3/c1-19-8-10(14)6-9-2-3-13(16(17)18)12-7-15-5-4-11(9)12/h2-5,7,10H,6,8H2,1H3. The Kier molecular flexibility index (Phi) is 4.44. The molecule has 0 saturated heterocycles. The van der Waals surface area contributed by atoms with Crippen LogP contribution in [0.1, 0.15) is 5.56 Å². The number of halogens is 1. The Morgan fingerprint density at radius 1 is 1.42 bits per heavy atom. The summed E-state index contributed by atoms with van der Waals surface area (Å²) in [7, 11) is 1.64. The third-order valence-electron chi connectivity index (χ3n) is 2.87. The van der Waals surface area contributed by atoms with E-state index in [1.165, 1.54) is 12.3 Å². The molecule has 0 aliphatic rings. The molecule has 0 N–H and O–H groups in total. The van der Waals surface area contributed by atoms with Gasteiger partial charge in [-0.15, -0.1) is 0 Å². The zero-order valence-corrected chi connectivity index (χ0v) is 12.0. The van der Waals surface area contributed by atoms with E-state index in [9.17, 15) is 10.1 Å². The molecule has 0 aliphatic carbocycles. The molecule has 0 saturated carbocycles. The molecule has 0 radical (unpaired) electrons. The number of fused-ring (bicyclic) bond motifs is 1. The first-order chi connectivity index (χ1) is 9.13. The summed E-state index contributed by atoms with van der Waals surface area (Å²) in [5.74, 6) is 0. The molecule has 0 bridgehead atoms. The summed E-state index contributed by atoms with van der Waals surface area (Å²) in [5, 5.41) is 12.4. The number of pyridine rings is 1. The molecule has 0 spiro atoms. The van der Waals surface area contributed by atoms with Crippen molar-refractivity contribution >= 4 is 32.4 Å². The second-order valence-electron chi connectivity index (χ2n) is 4.18. The monoisotopic (exact) mass is 324 g/mol. The highest BCUT2D eigenvalue weighted by molar-refractivity contribution is 9.09. The lowest BCUT2D eigenvalue weighted by molar-refractivity contribution is -0.383. The number of hydrogen-bond acceptors (Lipinski definition) is 4. The molecule has 1 atom stereocenters. The molecule has 1 aromatic carbocycles. The van der Waals surface area contributed by atoms with E-state index < -0.39 is 0 Å². The van der Waals surface area contributed by atoms with E-state index in [0.717, 1.165) is 17.4 Å². The number of methoxy groups -OCH3 is 1. The molecule has 0 aliphatic heterocycles. The van der Waals surface area contributed by atoms with Crippen molar-refractivity contribution in [2.75, 3.05) is 13.7 Å². The van der Waals surface area contributed by atoms with Crippen LogP contribution in [0.5, 0.6) is 0 Å². The molecule has 1 aromatic heterocycles. The van der Waals surface area contributed by atoms with Crippen LogP contribution in [-0.4, -0.2) is 28.5 Å². The number of ether oxygens (including phenoxy) is 1. The minimum atomic E-state index is -0.380. The number of alkyl halides is 1. The average molecular weight is 325 g/mol. The van der Waals surface area contributed by atoms with Crippen molar-refractivity contribution in [3.05, 3.63) is 46.3 Å². The van der Waals surface area contributed by atoms with Crippen LogP contribution in [0.4, 0.5) is 5.69 Å². The highest BCUT2D eigenvalue weighted by Gasteiger charge is 2.15. The van der Waals surface area contributed by atoms with E-state index in [4.69, 9.17) is 4.74 Å². The first-order valence-corrected chi connectivity index (χ1v) is 6.68. The van der Waals surface area contributed by atoms with Crippen molar-refractivity contribution in [3.63, 3.8) is 0 Å². The minimum absolute atomic E-state index is 0.0877. The Bertz CT molecular complexity index is 603. The van der Waals surface area contributed by atoms with Crippen molar-refractivity contribution in [2.24, 2.45) is 0 Å². The topological polar surface area (TPSA) is 65.3 Å². The van der Waals surface area contributed by atoms with Gasteiger partial charge in [0, 0.05) is 30.4 Å². The van der Waals surface area contributed by atoms with Crippen LogP contribution in [0.3, 0.4) is 0 Å². The summed E-state index contributed by atoms with van der Waals surface area (Å²) in [6.07, 6.45) is 3.93. The predicted octanol–water partition coefficient (Wildman–Crippen LogP) is 3.10. The van der Waals surface area contributed by atoms with Crippen LogP contribution < -0.4 is 0 Å². The third kappa shape index (κ3) is 3.08. The summed E-state index contributed by atoms with van der Waals surface area (Å²) in [6, 6.07) is 5.14. The number of nitrogens with zero attached hydrogens (tertiary/aromatic N) is 2. The fourth-order valence-corrected chi connectivity index (χ4v) is 2.67. The van der Waals surface area contributed by atoms with Crippen LogP contribution in [0.2, 0.25) is 0 Å². The number of nitro groups is 1. The smallest absolute Gasteiger partial charge is 0.278 e. The summed E-state index contributed by atoms with van der Waals surface area (Å²) >= 11 is 3.53. The molecule has 2 aromatic rings. The molecule has 5 nitrogen and oxygen atoms in total. The first-order valence-electron chi connectivity index (χ1n) is 5.76. The molecule has 6 heteroatoms. The maximum Gasteiger partial charge on any atom is 0.278 e. The summed E-state index contributed by atoms with van der Waals surface area (Å²) in [4.78, 5) is 14.8. The first kappa shape index (κ1) is 13.9. The van der Waals surface area contributed by atoms with Gasteiger partial charge in [0.1, 0.15) is 0 Å². The van der Waals surface area contributed by atoms with E-state index in [0.29, 0.717) is 12.0 Å². The lowest BCUT2D eigenvalue weighted by Crippen LogP contribution is -2.10. The molecule has 1 unspecified atom stereocenters. The summed E-state index contributed by atoms with van der Waals surface area (Å²) in [6.45, 7) is 0.587. The van der Waals surface area contributed by atoms with Gasteiger partial charge in [0.2, 0.25) is 0 Å². The Balaban J connectivity index is 2.46. The maximum absolute atomic E-state index is 11.0. The highest BCUT2D eigenvalue weighted by Crippen LogP contribution is 2.28. The summed E-state index contributed by atoms with van der Waals surface area (Å²) < 4.78 is 5.08. The normalized spacial score (nSPS) is 12.5. The van der Waals surface area contributed by atoms with Crippen LogP contribution in [0.25, 0.3) is 10.8 Å². The summed E-state index contributed by atoms with van der Waals surface area (Å²) in [5.41, 5.74) is 1.13. The largest absolute Gasteiger partial charge is 0.384 e. The fourth-order valence-electron chi connectivity index (χ4n) is 2.05. The van der Waals surface area contributed by atoms with Crippen molar-refractivity contribution in [3.8, 4) is 0 Å². The SMILES string of the molecule is COCC(Br)Cc1ccc([N+](=O)[O-])c2cnccc12. The van der Waals surface area contributed by atoms with Crippen LogP contribution in [0, 0.1) is 10.1 Å². The quantitative estimate of drug-likeness (QED) is 0.481. The molecule has 2 rings (SSSR count). The number of benzene rings is 1. The van der Waals surface area contributed by atoms with E-state index in [1.54, 1.807) is 19.4 Å². The Morgan fingerprint density at radius 3 is 2.89 bits per heavy atom. The van der Waals surface area contributed by atoms with Gasteiger partial charge in [-0.3, -0.25) is 15.1 Å². The fraction of sp³-hybridized carbons (Fsp3) is 0.308. The lowest BCUT2D eigenvalue weighted by atomic mass is 10.0. The zero-order chi connectivity index (χ0) is 13.8. The number of hydrogen-bond donors (Lipinski definition) is 0. The average Bonchev–Trinajstić information content (AvgIpc) is 2.39. The van der Waals surface area contributed by atoms with Gasteiger partial charge in [-0.1, -0.05) is 22.0 Å². The van der Waals surface area contributed by atoms with Crippen LogP contribution in [-0.2, 0) is 11.2 Å². The van der Waals surface area contributed by atoms with Crippen molar-refractivity contribution in [1.82, 2.24) is 4.98 Å². The van der Waals surface area contributed by atoms with Gasteiger partial charge in [-0.25, -0.2) is 0 Å². The van der Waals surface area contributed by atoms with E-state index in [2.05, 4.69) is 20.9 Å². The van der Waals surface area contributed by atoms with E-state index in [1.807, 2.05) is 6.07 Å². The van der Waals surface area contributed by atoms with Crippen molar-refractivity contribution in [2.45, 2.75) is 11.2 Å². The highest BCUT2D eigenvalue weighted by atomic mass is 79.9. The van der Waals surface area contributed by atoms with Gasteiger partial charge in [-0.05, 0) is 23.4 Å².